The number of aromatic nitrogens is 2. The maximum absolute atomic E-state index is 4.15. The monoisotopic (exact) mass is 188 g/mol. The molecule has 0 N–H and O–H groups in total. The summed E-state index contributed by atoms with van der Waals surface area (Å²) in [5.41, 5.74) is 1.77. The number of nitrogens with zero attached hydrogens (tertiary/aromatic N) is 2. The van der Waals surface area contributed by atoms with Gasteiger partial charge in [0.25, 0.3) is 0 Å². The average molecular weight is 188 g/mol. The van der Waals surface area contributed by atoms with Crippen LogP contribution in [-0.2, 0) is 0 Å². The molecular weight excluding hydrogens is 184 g/mol. The molecule has 2 heterocycles. The van der Waals surface area contributed by atoms with Crippen LogP contribution >= 0.6 is 35.1 Å². The molecule has 1 aromatic heterocycles. The van der Waals surface area contributed by atoms with Crippen LogP contribution in [0.4, 0.5) is 0 Å². The normalized spacial score (nSPS) is 18.4. The molecule has 0 atom stereocenters. The highest BCUT2D eigenvalue weighted by molar-refractivity contribution is 8.21. The van der Waals surface area contributed by atoms with E-state index in [1.807, 2.05) is 0 Å². The van der Waals surface area contributed by atoms with Gasteiger partial charge in [-0.1, -0.05) is 0 Å². The van der Waals surface area contributed by atoms with Crippen molar-refractivity contribution in [3.63, 3.8) is 0 Å². The van der Waals surface area contributed by atoms with Crippen LogP contribution in [0.2, 0.25) is 0 Å². The van der Waals surface area contributed by atoms with Gasteiger partial charge in [0.05, 0.1) is 0 Å². The Hall–Kier alpha value is -0.000000000000000111. The fourth-order valence-electron chi connectivity index (χ4n) is 0.643. The van der Waals surface area contributed by atoms with Crippen LogP contribution in [0.5, 0.6) is 0 Å². The summed E-state index contributed by atoms with van der Waals surface area (Å²) >= 11 is 4.94. The Labute approximate surface area is 71.3 Å². The van der Waals surface area contributed by atoms with Crippen molar-refractivity contribution >= 4 is 35.1 Å². The fraction of sp³-hybridized carbons (Fsp3) is 0.200. The van der Waals surface area contributed by atoms with Crippen molar-refractivity contribution in [3.8, 4) is 0 Å². The molecule has 0 radical (unpaired) electrons. The minimum Gasteiger partial charge on any atom is -0.226 e. The topological polar surface area (TPSA) is 25.8 Å². The van der Waals surface area contributed by atoms with Crippen molar-refractivity contribution < 1.29 is 0 Å². The van der Waals surface area contributed by atoms with E-state index < -0.39 is 0 Å². The number of rotatable bonds is 1. The highest BCUT2D eigenvalue weighted by atomic mass is 32.2. The van der Waals surface area contributed by atoms with Crippen molar-refractivity contribution in [1.82, 2.24) is 9.36 Å². The van der Waals surface area contributed by atoms with E-state index in [4.69, 9.17) is 0 Å². The van der Waals surface area contributed by atoms with E-state index in [1.165, 1.54) is 11.5 Å². The summed E-state index contributed by atoms with van der Waals surface area (Å²) in [6.45, 7) is 0. The second-order valence-electron chi connectivity index (χ2n) is 1.67. The zero-order chi connectivity index (χ0) is 6.81. The molecule has 1 aliphatic heterocycles. The van der Waals surface area contributed by atoms with Gasteiger partial charge in [-0.05, 0) is 22.3 Å². The van der Waals surface area contributed by atoms with E-state index in [-0.39, 0.29) is 0 Å². The highest BCUT2D eigenvalue weighted by Gasteiger charge is 2.17. The first-order valence-electron chi connectivity index (χ1n) is 2.69. The van der Waals surface area contributed by atoms with Gasteiger partial charge in [-0.25, -0.2) is 4.98 Å². The van der Waals surface area contributed by atoms with E-state index >= 15 is 0 Å². The molecule has 2 rings (SSSR count). The van der Waals surface area contributed by atoms with Crippen molar-refractivity contribution in [3.05, 3.63) is 22.2 Å². The van der Waals surface area contributed by atoms with Gasteiger partial charge in [0.2, 0.25) is 0 Å². The Balaban J connectivity index is 2.14. The van der Waals surface area contributed by atoms with Gasteiger partial charge in [0, 0.05) is 0 Å². The zero-order valence-electron chi connectivity index (χ0n) is 4.93. The van der Waals surface area contributed by atoms with Crippen molar-refractivity contribution in [2.24, 2.45) is 0 Å². The Bertz CT molecular complexity index is 223. The van der Waals surface area contributed by atoms with Crippen LogP contribution in [0, 0.1) is 0 Å². The van der Waals surface area contributed by atoms with Gasteiger partial charge in [-0.2, -0.15) is 4.37 Å². The first-order chi connectivity index (χ1) is 4.97. The van der Waals surface area contributed by atoms with E-state index in [0.717, 1.165) is 5.82 Å². The Kier molecular flexibility index (Phi) is 1.97. The molecule has 2 nitrogen and oxygen atoms in total. The third kappa shape index (κ3) is 1.21. The van der Waals surface area contributed by atoms with Gasteiger partial charge < -0.3 is 0 Å². The number of thioether (sulfide) groups is 2. The second-order valence-corrected chi connectivity index (χ2v) is 4.60. The number of hydrogen-bond donors (Lipinski definition) is 0. The van der Waals surface area contributed by atoms with E-state index in [9.17, 15) is 0 Å². The summed E-state index contributed by atoms with van der Waals surface area (Å²) < 4.78 is 4.56. The quantitative estimate of drug-likeness (QED) is 0.676. The average Bonchev–Trinajstić information content (AvgIpc) is 2.59. The lowest BCUT2D eigenvalue weighted by Gasteiger charge is -1.99. The molecule has 0 unspecified atom stereocenters. The lowest BCUT2D eigenvalue weighted by Crippen LogP contribution is -1.85. The van der Waals surface area contributed by atoms with Gasteiger partial charge in [0.15, 0.2) is 5.82 Å². The Morgan fingerprint density at radius 2 is 2.10 bits per heavy atom. The van der Waals surface area contributed by atoms with E-state index in [1.54, 1.807) is 29.0 Å². The fourth-order valence-corrected chi connectivity index (χ4v) is 3.15. The van der Waals surface area contributed by atoms with E-state index in [2.05, 4.69) is 20.2 Å². The summed E-state index contributed by atoms with van der Waals surface area (Å²) in [6.07, 6.45) is 0. The predicted molar refractivity (Wildman–Crippen MR) is 47.0 cm³/mol. The summed E-state index contributed by atoms with van der Waals surface area (Å²) in [5, 5.41) is 4.16. The molecule has 0 aromatic carbocycles. The van der Waals surface area contributed by atoms with Crippen LogP contribution in [0.3, 0.4) is 0 Å². The summed E-state index contributed by atoms with van der Waals surface area (Å²) in [4.78, 5) is 4.12. The smallest absolute Gasteiger partial charge is 0.165 e. The van der Waals surface area contributed by atoms with Crippen LogP contribution in [-0.4, -0.2) is 9.36 Å². The zero-order valence-corrected chi connectivity index (χ0v) is 7.38. The SMILES string of the molecule is C1=CSC(c2ncsn2)S1. The van der Waals surface area contributed by atoms with Gasteiger partial charge in [-0.15, -0.1) is 23.5 Å². The summed E-state index contributed by atoms with van der Waals surface area (Å²) in [7, 11) is 0. The molecule has 0 aliphatic carbocycles. The maximum atomic E-state index is 4.15. The van der Waals surface area contributed by atoms with Crippen LogP contribution in [0.15, 0.2) is 16.3 Å². The van der Waals surface area contributed by atoms with Crippen LogP contribution in [0.25, 0.3) is 0 Å². The van der Waals surface area contributed by atoms with Gasteiger partial charge in [-0.3, -0.25) is 0 Å². The lowest BCUT2D eigenvalue weighted by atomic mass is 10.7. The molecule has 52 valence electrons. The highest BCUT2D eigenvalue weighted by Crippen LogP contribution is 2.44. The Morgan fingerprint density at radius 3 is 2.70 bits per heavy atom. The van der Waals surface area contributed by atoms with E-state index in [0.29, 0.717) is 4.58 Å². The lowest BCUT2D eigenvalue weighted by molar-refractivity contribution is 1.13. The molecule has 0 spiro atoms. The van der Waals surface area contributed by atoms with Crippen LogP contribution in [0.1, 0.15) is 10.4 Å². The molecule has 1 aromatic rings. The largest absolute Gasteiger partial charge is 0.226 e. The molecule has 10 heavy (non-hydrogen) atoms. The first-order valence-corrected chi connectivity index (χ1v) is 5.41. The van der Waals surface area contributed by atoms with Crippen molar-refractivity contribution in [1.29, 1.82) is 0 Å². The minimum atomic E-state index is 0.409. The molecule has 0 saturated carbocycles. The van der Waals surface area contributed by atoms with Gasteiger partial charge >= 0.3 is 0 Å². The third-order valence-corrected chi connectivity index (χ3v) is 3.88. The number of hydrogen-bond acceptors (Lipinski definition) is 5. The standard InChI is InChI=1S/C5H4N2S3/c1-2-9-5(8-1)4-6-3-10-7-4/h1-3,5H. The molecular formula is C5H4N2S3. The molecule has 0 fully saturated rings. The minimum absolute atomic E-state index is 0.409. The van der Waals surface area contributed by atoms with Gasteiger partial charge in [0.1, 0.15) is 10.1 Å². The molecule has 0 bridgehead atoms. The Morgan fingerprint density at radius 1 is 1.30 bits per heavy atom. The van der Waals surface area contributed by atoms with Crippen LogP contribution < -0.4 is 0 Å². The predicted octanol–water partition coefficient (Wildman–Crippen LogP) is 2.49. The summed E-state index contributed by atoms with van der Waals surface area (Å²) in [5.74, 6) is 0.949. The second kappa shape index (κ2) is 2.94. The van der Waals surface area contributed by atoms with Crippen molar-refractivity contribution in [2.75, 3.05) is 0 Å². The van der Waals surface area contributed by atoms with Crippen molar-refractivity contribution in [2.45, 2.75) is 4.58 Å². The third-order valence-electron chi connectivity index (χ3n) is 1.05. The molecule has 0 amide bonds. The maximum Gasteiger partial charge on any atom is 0.165 e. The first kappa shape index (κ1) is 6.69. The molecule has 5 heteroatoms. The summed E-state index contributed by atoms with van der Waals surface area (Å²) in [6, 6.07) is 0. The molecule has 1 aliphatic rings. The molecule has 0 saturated heterocycles.